The maximum Gasteiger partial charge on any atom is 0.276 e. The second kappa shape index (κ2) is 7.46. The Morgan fingerprint density at radius 3 is 3.00 bits per heavy atom. The second-order valence-electron chi connectivity index (χ2n) is 6.20. The number of carbonyl (C=O) groups is 1. The largest absolute Gasteiger partial charge is 0.488 e. The summed E-state index contributed by atoms with van der Waals surface area (Å²) in [6, 6.07) is 4.73. The monoisotopic (exact) mass is 404 g/mol. The van der Waals surface area contributed by atoms with E-state index in [1.54, 1.807) is 12.1 Å². The number of nitrogens with zero attached hydrogens (tertiary/aromatic N) is 2. The Bertz CT molecular complexity index is 1100. The average molecular weight is 404 g/mol. The predicted octanol–water partition coefficient (Wildman–Crippen LogP) is 1.90. The Morgan fingerprint density at radius 1 is 1.57 bits per heavy atom. The molecule has 1 atom stereocenters. The molecule has 0 saturated carbocycles. The number of fused-ring (bicyclic) bond motifs is 1. The second-order valence-corrected chi connectivity index (χ2v) is 7.88. The molecule has 10 heteroatoms. The van der Waals surface area contributed by atoms with Crippen LogP contribution in [0.5, 0.6) is 5.75 Å². The molecular formula is C18H17FN4O4S. The number of nitriles is 1. The van der Waals surface area contributed by atoms with E-state index in [1.807, 2.05) is 0 Å². The summed E-state index contributed by atoms with van der Waals surface area (Å²) >= 11 is 0. The van der Waals surface area contributed by atoms with Crippen LogP contribution < -0.4 is 14.8 Å². The first-order valence-corrected chi connectivity index (χ1v) is 9.71. The van der Waals surface area contributed by atoms with Crippen LogP contribution in [-0.4, -0.2) is 31.5 Å². The summed E-state index contributed by atoms with van der Waals surface area (Å²) in [6.45, 7) is 3.61. The lowest BCUT2D eigenvalue weighted by Crippen LogP contribution is -2.36. The van der Waals surface area contributed by atoms with E-state index in [9.17, 15) is 17.6 Å². The molecule has 0 aliphatic carbocycles. The lowest BCUT2D eigenvalue weighted by molar-refractivity contribution is 0.101. The van der Waals surface area contributed by atoms with E-state index < -0.39 is 27.8 Å². The van der Waals surface area contributed by atoms with Crippen molar-refractivity contribution in [1.82, 2.24) is 9.29 Å². The Kier molecular flexibility index (Phi) is 5.22. The zero-order valence-electron chi connectivity index (χ0n) is 14.9. The number of carbonyl (C=O) groups excluding carboxylic acids is 1. The van der Waals surface area contributed by atoms with Crippen LogP contribution in [0.4, 0.5) is 10.1 Å². The van der Waals surface area contributed by atoms with Crippen LogP contribution in [0.1, 0.15) is 22.5 Å². The van der Waals surface area contributed by atoms with Gasteiger partial charge in [-0.15, -0.1) is 6.58 Å². The summed E-state index contributed by atoms with van der Waals surface area (Å²) in [4.78, 5) is 12.6. The molecule has 8 nitrogen and oxygen atoms in total. The summed E-state index contributed by atoms with van der Waals surface area (Å²) < 4.78 is 48.1. The fourth-order valence-corrected chi connectivity index (χ4v) is 4.29. The number of hydrogen-bond donors (Lipinski definition) is 2. The molecule has 0 spiro atoms. The summed E-state index contributed by atoms with van der Waals surface area (Å²) in [5.41, 5.74) is -0.0432. The van der Waals surface area contributed by atoms with Gasteiger partial charge in [0.2, 0.25) is 10.0 Å². The van der Waals surface area contributed by atoms with Crippen LogP contribution in [0.3, 0.4) is 0 Å². The molecule has 1 amide bonds. The fraction of sp³-hybridized carbons (Fsp3) is 0.222. The van der Waals surface area contributed by atoms with E-state index >= 15 is 0 Å². The molecule has 3 rings (SSSR count). The number of amides is 1. The van der Waals surface area contributed by atoms with Gasteiger partial charge in [-0.3, -0.25) is 4.79 Å². The number of aryl methyl sites for hydroxylation is 1. The summed E-state index contributed by atoms with van der Waals surface area (Å²) in [7, 11) is -2.38. The van der Waals surface area contributed by atoms with Gasteiger partial charge in [-0.25, -0.2) is 17.5 Å². The maximum atomic E-state index is 13.5. The van der Waals surface area contributed by atoms with Crippen molar-refractivity contribution in [3.63, 3.8) is 0 Å². The number of hydrogen-bond acceptors (Lipinski definition) is 5. The molecule has 28 heavy (non-hydrogen) atoms. The zero-order chi connectivity index (χ0) is 20.5. The van der Waals surface area contributed by atoms with Gasteiger partial charge < -0.3 is 14.6 Å². The molecule has 1 aromatic heterocycles. The molecule has 0 radical (unpaired) electrons. The van der Waals surface area contributed by atoms with Gasteiger partial charge in [-0.05, 0) is 24.6 Å². The van der Waals surface area contributed by atoms with E-state index in [1.165, 1.54) is 29.9 Å². The van der Waals surface area contributed by atoms with Crippen LogP contribution in [0.15, 0.2) is 41.9 Å². The van der Waals surface area contributed by atoms with Crippen LogP contribution in [0.25, 0.3) is 0 Å². The van der Waals surface area contributed by atoms with Crippen LogP contribution in [0, 0.1) is 17.1 Å². The molecule has 1 aromatic carbocycles. The van der Waals surface area contributed by atoms with Crippen LogP contribution >= 0.6 is 0 Å². The minimum Gasteiger partial charge on any atom is -0.488 e. The van der Waals surface area contributed by atoms with Gasteiger partial charge in [0.1, 0.15) is 23.4 Å². The first kappa shape index (κ1) is 19.6. The van der Waals surface area contributed by atoms with E-state index in [0.717, 1.165) is 6.07 Å². The molecule has 0 unspecified atom stereocenters. The lowest BCUT2D eigenvalue weighted by Gasteiger charge is -2.13. The van der Waals surface area contributed by atoms with Crippen molar-refractivity contribution in [1.29, 1.82) is 5.26 Å². The van der Waals surface area contributed by atoms with Crippen molar-refractivity contribution in [3.8, 4) is 11.8 Å². The first-order chi connectivity index (χ1) is 13.3. The van der Waals surface area contributed by atoms with Gasteiger partial charge in [0.05, 0.1) is 11.6 Å². The molecule has 2 aromatic rings. The quantitative estimate of drug-likeness (QED) is 0.756. The van der Waals surface area contributed by atoms with Crippen molar-refractivity contribution in [2.75, 3.05) is 11.9 Å². The normalized spacial score (nSPS) is 17.5. The Labute approximate surface area is 161 Å². The topological polar surface area (TPSA) is 113 Å². The van der Waals surface area contributed by atoms with Gasteiger partial charge in [-0.2, -0.15) is 5.26 Å². The number of rotatable bonds is 4. The van der Waals surface area contributed by atoms with Crippen molar-refractivity contribution in [2.24, 2.45) is 7.05 Å². The zero-order valence-corrected chi connectivity index (χ0v) is 15.7. The maximum absolute atomic E-state index is 13.5. The smallest absolute Gasteiger partial charge is 0.276 e. The third kappa shape index (κ3) is 3.62. The predicted molar refractivity (Wildman–Crippen MR) is 98.9 cm³/mol. The average Bonchev–Trinajstić information content (AvgIpc) is 2.92. The number of ether oxygens (including phenoxy) is 1. The van der Waals surface area contributed by atoms with E-state index in [-0.39, 0.29) is 34.2 Å². The van der Waals surface area contributed by atoms with Crippen LogP contribution in [-0.2, 0) is 17.1 Å². The molecule has 0 saturated heterocycles. The number of aromatic nitrogens is 1. The number of anilines is 1. The third-order valence-electron chi connectivity index (χ3n) is 4.15. The van der Waals surface area contributed by atoms with E-state index in [4.69, 9.17) is 10.00 Å². The fourth-order valence-electron chi connectivity index (χ4n) is 2.87. The standard InChI is InChI=1S/C18H17FN4O4S/c1-3-4-13-10-27-17-15(28(25,26)22-13)9-23(2)16(17)18(24)21-12-5-6-14(19)11(7-12)8-20/h3,5-7,9,13,22H,1,4,10H2,2H3,(H,21,24)/t13-/m0/s1. The highest BCUT2D eigenvalue weighted by atomic mass is 32.2. The van der Waals surface area contributed by atoms with Crippen molar-refractivity contribution in [2.45, 2.75) is 17.4 Å². The minimum atomic E-state index is -3.89. The molecule has 1 aliphatic heterocycles. The first-order valence-electron chi connectivity index (χ1n) is 8.23. The molecular weight excluding hydrogens is 387 g/mol. The minimum absolute atomic E-state index is 0.0116. The van der Waals surface area contributed by atoms with E-state index in [0.29, 0.717) is 6.42 Å². The summed E-state index contributed by atoms with van der Waals surface area (Å²) in [6.07, 6.45) is 3.22. The highest BCUT2D eigenvalue weighted by Gasteiger charge is 2.34. The lowest BCUT2D eigenvalue weighted by atomic mass is 10.2. The molecule has 146 valence electrons. The SMILES string of the molecule is C=CC[C@H]1COc2c(cn(C)c2C(=O)Nc2ccc(F)c(C#N)c2)S(=O)(=O)N1. The van der Waals surface area contributed by atoms with Gasteiger partial charge in [0.25, 0.3) is 5.91 Å². The number of sulfonamides is 1. The van der Waals surface area contributed by atoms with Gasteiger partial charge in [0, 0.05) is 18.9 Å². The summed E-state index contributed by atoms with van der Waals surface area (Å²) in [5, 5.41) is 11.4. The van der Waals surface area contributed by atoms with Crippen LogP contribution in [0.2, 0.25) is 0 Å². The third-order valence-corrected chi connectivity index (χ3v) is 5.67. The molecule has 2 heterocycles. The van der Waals surface area contributed by atoms with Gasteiger partial charge >= 0.3 is 0 Å². The van der Waals surface area contributed by atoms with Gasteiger partial charge in [0.15, 0.2) is 11.4 Å². The Hall–Kier alpha value is -3.16. The highest BCUT2D eigenvalue weighted by molar-refractivity contribution is 7.89. The van der Waals surface area contributed by atoms with Crippen molar-refractivity contribution >= 4 is 21.6 Å². The van der Waals surface area contributed by atoms with Crippen molar-refractivity contribution < 1.29 is 22.3 Å². The summed E-state index contributed by atoms with van der Waals surface area (Å²) in [5.74, 6) is -1.43. The number of benzene rings is 1. The molecule has 1 aliphatic rings. The Morgan fingerprint density at radius 2 is 2.32 bits per heavy atom. The molecule has 0 fully saturated rings. The van der Waals surface area contributed by atoms with Gasteiger partial charge in [-0.1, -0.05) is 6.08 Å². The van der Waals surface area contributed by atoms with Crippen molar-refractivity contribution in [3.05, 3.63) is 54.1 Å². The number of nitrogens with one attached hydrogen (secondary N) is 2. The highest BCUT2D eigenvalue weighted by Crippen LogP contribution is 2.33. The Balaban J connectivity index is 1.96. The molecule has 2 N–H and O–H groups in total. The van der Waals surface area contributed by atoms with E-state index in [2.05, 4.69) is 16.6 Å². The molecule has 0 bridgehead atoms. The number of halogens is 1.